The van der Waals surface area contributed by atoms with Crippen molar-refractivity contribution in [2.45, 2.75) is 6.10 Å². The van der Waals surface area contributed by atoms with Gasteiger partial charge < -0.3 is 5.11 Å². The van der Waals surface area contributed by atoms with Crippen LogP contribution in [-0.4, -0.2) is 5.11 Å². The maximum absolute atomic E-state index is 13.0. The molecule has 1 atom stereocenters. The zero-order chi connectivity index (χ0) is 12.4. The van der Waals surface area contributed by atoms with Gasteiger partial charge >= 0.3 is 0 Å². The fraction of sp³-hybridized carbons (Fsp3) is 0.0769. The highest BCUT2D eigenvalue weighted by atomic mass is 79.9. The number of halogens is 3. The Morgan fingerprint density at radius 1 is 0.941 bits per heavy atom. The first-order valence-corrected chi connectivity index (χ1v) is 5.75. The Bertz CT molecular complexity index is 522. The molecule has 17 heavy (non-hydrogen) atoms. The summed E-state index contributed by atoms with van der Waals surface area (Å²) in [6.45, 7) is 0. The molecule has 0 fully saturated rings. The molecule has 0 heterocycles. The van der Waals surface area contributed by atoms with Crippen LogP contribution in [0.15, 0.2) is 46.9 Å². The van der Waals surface area contributed by atoms with E-state index in [1.807, 2.05) is 6.07 Å². The van der Waals surface area contributed by atoms with Crippen molar-refractivity contribution >= 4 is 15.9 Å². The summed E-state index contributed by atoms with van der Waals surface area (Å²) in [6.07, 6.45) is -1.04. The normalized spacial score (nSPS) is 12.5. The molecule has 2 aromatic carbocycles. The van der Waals surface area contributed by atoms with Crippen LogP contribution in [0.1, 0.15) is 17.2 Å². The second kappa shape index (κ2) is 4.94. The third-order valence-corrected chi connectivity index (χ3v) is 2.86. The topological polar surface area (TPSA) is 20.2 Å². The van der Waals surface area contributed by atoms with Gasteiger partial charge in [-0.3, -0.25) is 0 Å². The Kier molecular flexibility index (Phi) is 3.54. The molecule has 0 unspecified atom stereocenters. The van der Waals surface area contributed by atoms with Crippen LogP contribution in [0.3, 0.4) is 0 Å². The highest BCUT2D eigenvalue weighted by molar-refractivity contribution is 9.10. The average Bonchev–Trinajstić information content (AvgIpc) is 2.26. The van der Waals surface area contributed by atoms with Crippen molar-refractivity contribution in [1.29, 1.82) is 0 Å². The Morgan fingerprint density at radius 2 is 1.59 bits per heavy atom. The first-order chi connectivity index (χ1) is 8.06. The van der Waals surface area contributed by atoms with Crippen molar-refractivity contribution in [1.82, 2.24) is 0 Å². The van der Waals surface area contributed by atoms with E-state index in [0.29, 0.717) is 5.56 Å². The summed E-state index contributed by atoms with van der Waals surface area (Å²) in [5.74, 6) is -1.40. The molecule has 0 radical (unpaired) electrons. The van der Waals surface area contributed by atoms with E-state index in [1.54, 1.807) is 18.2 Å². The van der Waals surface area contributed by atoms with Crippen molar-refractivity contribution in [3.05, 3.63) is 69.7 Å². The molecule has 2 rings (SSSR count). The van der Waals surface area contributed by atoms with Crippen molar-refractivity contribution in [3.8, 4) is 0 Å². The van der Waals surface area contributed by atoms with E-state index >= 15 is 0 Å². The number of aliphatic hydroxyl groups excluding tert-OH is 1. The lowest BCUT2D eigenvalue weighted by molar-refractivity contribution is 0.219. The van der Waals surface area contributed by atoms with Gasteiger partial charge in [-0.25, -0.2) is 8.78 Å². The minimum absolute atomic E-state index is 0.195. The fourth-order valence-electron chi connectivity index (χ4n) is 1.60. The lowest BCUT2D eigenvalue weighted by atomic mass is 10.0. The zero-order valence-electron chi connectivity index (χ0n) is 8.70. The molecule has 0 spiro atoms. The molecule has 0 aromatic heterocycles. The molecule has 1 N–H and O–H groups in total. The van der Waals surface area contributed by atoms with Gasteiger partial charge in [-0.2, -0.15) is 0 Å². The number of hydrogen-bond donors (Lipinski definition) is 1. The highest BCUT2D eigenvalue weighted by Gasteiger charge is 2.12. The molecule has 0 aliphatic rings. The van der Waals surface area contributed by atoms with Crippen molar-refractivity contribution in [3.63, 3.8) is 0 Å². The van der Waals surface area contributed by atoms with Gasteiger partial charge in [-0.1, -0.05) is 28.1 Å². The van der Waals surface area contributed by atoms with Crippen molar-refractivity contribution in [2.75, 3.05) is 0 Å². The van der Waals surface area contributed by atoms with E-state index in [0.717, 1.165) is 22.7 Å². The van der Waals surface area contributed by atoms with Gasteiger partial charge in [0.2, 0.25) is 0 Å². The Hall–Kier alpha value is -1.26. The predicted octanol–water partition coefficient (Wildman–Crippen LogP) is 3.81. The summed E-state index contributed by atoms with van der Waals surface area (Å²) in [5, 5.41) is 10.0. The van der Waals surface area contributed by atoms with E-state index in [1.165, 1.54) is 0 Å². The van der Waals surface area contributed by atoms with Crippen LogP contribution < -0.4 is 0 Å². The van der Waals surface area contributed by atoms with Gasteiger partial charge in [-0.15, -0.1) is 0 Å². The molecule has 0 aliphatic heterocycles. The van der Waals surface area contributed by atoms with E-state index in [2.05, 4.69) is 15.9 Å². The quantitative estimate of drug-likeness (QED) is 0.894. The van der Waals surface area contributed by atoms with Gasteiger partial charge in [0.25, 0.3) is 0 Å². The summed E-state index contributed by atoms with van der Waals surface area (Å²) in [6, 6.07) is 9.97. The minimum atomic E-state index is -1.04. The van der Waals surface area contributed by atoms with E-state index in [4.69, 9.17) is 0 Å². The third kappa shape index (κ3) is 2.90. The molecular weight excluding hydrogens is 290 g/mol. The number of hydrogen-bond acceptors (Lipinski definition) is 1. The zero-order valence-corrected chi connectivity index (χ0v) is 10.3. The first-order valence-electron chi connectivity index (χ1n) is 4.96. The molecular formula is C13H9BrF2O. The van der Waals surface area contributed by atoms with Gasteiger partial charge in [-0.05, 0) is 35.4 Å². The molecule has 1 nitrogen and oxygen atoms in total. The van der Waals surface area contributed by atoms with Crippen LogP contribution in [0, 0.1) is 11.6 Å². The third-order valence-electron chi connectivity index (χ3n) is 2.37. The lowest BCUT2D eigenvalue weighted by Crippen LogP contribution is -2.01. The Morgan fingerprint density at radius 3 is 2.18 bits per heavy atom. The van der Waals surface area contributed by atoms with E-state index < -0.39 is 17.7 Å². The average molecular weight is 299 g/mol. The van der Waals surface area contributed by atoms with E-state index in [9.17, 15) is 13.9 Å². The highest BCUT2D eigenvalue weighted by Crippen LogP contribution is 2.25. The minimum Gasteiger partial charge on any atom is -0.384 e. The maximum Gasteiger partial charge on any atom is 0.126 e. The predicted molar refractivity (Wildman–Crippen MR) is 64.6 cm³/mol. The Labute approximate surface area is 106 Å². The summed E-state index contributed by atoms with van der Waals surface area (Å²) in [4.78, 5) is 0. The summed E-state index contributed by atoms with van der Waals surface area (Å²) in [7, 11) is 0. The monoisotopic (exact) mass is 298 g/mol. The van der Waals surface area contributed by atoms with Crippen LogP contribution in [-0.2, 0) is 0 Å². The summed E-state index contributed by atoms with van der Waals surface area (Å²) < 4.78 is 26.8. The van der Waals surface area contributed by atoms with Crippen LogP contribution in [0.25, 0.3) is 0 Å². The summed E-state index contributed by atoms with van der Waals surface area (Å²) >= 11 is 3.27. The van der Waals surface area contributed by atoms with Crippen LogP contribution >= 0.6 is 15.9 Å². The standard InChI is InChI=1S/C13H9BrF2O/c14-10-3-1-2-8(4-10)13(17)9-5-11(15)7-12(16)6-9/h1-7,13,17H/t13-/m1/s1. The molecule has 0 saturated carbocycles. The molecule has 4 heteroatoms. The smallest absolute Gasteiger partial charge is 0.126 e. The second-order valence-electron chi connectivity index (χ2n) is 3.66. The lowest BCUT2D eigenvalue weighted by Gasteiger charge is -2.12. The Balaban J connectivity index is 2.39. The van der Waals surface area contributed by atoms with Gasteiger partial charge in [0.1, 0.15) is 17.7 Å². The maximum atomic E-state index is 13.0. The molecule has 0 aliphatic carbocycles. The molecule has 2 aromatic rings. The van der Waals surface area contributed by atoms with Gasteiger partial charge in [0.15, 0.2) is 0 Å². The first kappa shape index (κ1) is 12.2. The molecule has 0 bridgehead atoms. The SMILES string of the molecule is O[C@@H](c1cc(F)cc(F)c1)c1cccc(Br)c1. The summed E-state index contributed by atoms with van der Waals surface area (Å²) in [5.41, 5.74) is 0.768. The number of benzene rings is 2. The fourth-order valence-corrected chi connectivity index (χ4v) is 2.02. The van der Waals surface area contributed by atoms with E-state index in [-0.39, 0.29) is 5.56 Å². The number of aliphatic hydroxyl groups is 1. The molecule has 0 amide bonds. The van der Waals surface area contributed by atoms with Crippen molar-refractivity contribution in [2.24, 2.45) is 0 Å². The van der Waals surface area contributed by atoms with Crippen LogP contribution in [0.4, 0.5) is 8.78 Å². The molecule has 0 saturated heterocycles. The van der Waals surface area contributed by atoms with Crippen LogP contribution in [0.5, 0.6) is 0 Å². The number of rotatable bonds is 2. The molecule has 88 valence electrons. The largest absolute Gasteiger partial charge is 0.384 e. The second-order valence-corrected chi connectivity index (χ2v) is 4.58. The van der Waals surface area contributed by atoms with Gasteiger partial charge in [0.05, 0.1) is 0 Å². The van der Waals surface area contributed by atoms with Crippen molar-refractivity contribution < 1.29 is 13.9 Å². The van der Waals surface area contributed by atoms with Crippen LogP contribution in [0.2, 0.25) is 0 Å². The van der Waals surface area contributed by atoms with Gasteiger partial charge in [0, 0.05) is 10.5 Å².